The maximum absolute atomic E-state index is 9.38. The summed E-state index contributed by atoms with van der Waals surface area (Å²) in [5.41, 5.74) is 7.48. The minimum Gasteiger partial charge on any atom is -0.247 e. The van der Waals surface area contributed by atoms with Crippen molar-refractivity contribution in [2.45, 2.75) is 0 Å². The average Bonchev–Trinajstić information content (AvgIpc) is 1.61. The van der Waals surface area contributed by atoms with Crippen molar-refractivity contribution < 1.29 is 9.90 Å². The standard InChI is InChI=1S/C2H2N3O2/c3-5-4-1-2(6)7/h1H2. The molecule has 0 saturated carbocycles. The van der Waals surface area contributed by atoms with Crippen LogP contribution in [0.3, 0.4) is 0 Å². The van der Waals surface area contributed by atoms with Crippen molar-refractivity contribution in [1.29, 1.82) is 0 Å². The zero-order chi connectivity index (χ0) is 5.70. The van der Waals surface area contributed by atoms with E-state index in [1.54, 1.807) is 0 Å². The molecule has 0 saturated heterocycles. The van der Waals surface area contributed by atoms with Crippen LogP contribution in [0.15, 0.2) is 5.11 Å². The topological polar surface area (TPSA) is 85.7 Å². The Morgan fingerprint density at radius 2 is 2.43 bits per heavy atom. The highest BCUT2D eigenvalue weighted by Crippen LogP contribution is 1.68. The van der Waals surface area contributed by atoms with E-state index in [1.807, 2.05) is 0 Å². The van der Waals surface area contributed by atoms with Gasteiger partial charge in [-0.1, -0.05) is 5.11 Å². The molecule has 5 heteroatoms. The Morgan fingerprint density at radius 1 is 1.86 bits per heavy atom. The lowest BCUT2D eigenvalue weighted by molar-refractivity contribution is -0.141. The predicted octanol–water partition coefficient (Wildman–Crippen LogP) is 0.254. The van der Waals surface area contributed by atoms with Gasteiger partial charge in [0, 0.05) is 4.91 Å². The summed E-state index contributed by atoms with van der Waals surface area (Å²) < 4.78 is 0. The van der Waals surface area contributed by atoms with E-state index in [1.165, 1.54) is 0 Å². The van der Waals surface area contributed by atoms with Gasteiger partial charge < -0.3 is 0 Å². The maximum atomic E-state index is 9.38. The monoisotopic (exact) mass is 100 g/mol. The minimum atomic E-state index is -1.36. The van der Waals surface area contributed by atoms with E-state index in [2.05, 4.69) is 10.0 Å². The van der Waals surface area contributed by atoms with Crippen molar-refractivity contribution in [2.75, 3.05) is 6.54 Å². The van der Waals surface area contributed by atoms with Crippen LogP contribution < -0.4 is 0 Å². The van der Waals surface area contributed by atoms with Gasteiger partial charge in [-0.2, -0.15) is 0 Å². The molecule has 0 heterocycles. The Balaban J connectivity index is 3.32. The SMILES string of the molecule is [N-]=[N+]=NCC([O])=O. The zero-order valence-electron chi connectivity index (χ0n) is 3.37. The molecule has 0 aromatic heterocycles. The average molecular weight is 100 g/mol. The third-order valence-electron chi connectivity index (χ3n) is 0.263. The van der Waals surface area contributed by atoms with E-state index in [9.17, 15) is 9.90 Å². The van der Waals surface area contributed by atoms with E-state index in [-0.39, 0.29) is 0 Å². The number of rotatable bonds is 2. The minimum absolute atomic E-state index is 0.587. The fraction of sp³-hybridized carbons (Fsp3) is 0.500. The molecule has 0 unspecified atom stereocenters. The summed E-state index contributed by atoms with van der Waals surface area (Å²) in [5.74, 6) is -1.36. The van der Waals surface area contributed by atoms with Gasteiger partial charge in [-0.3, -0.25) is 0 Å². The molecule has 0 aliphatic rings. The first kappa shape index (κ1) is 5.78. The Kier molecular flexibility index (Phi) is 2.47. The fourth-order valence-electron chi connectivity index (χ4n) is 0.0894. The second-order valence-electron chi connectivity index (χ2n) is 0.761. The molecule has 0 fully saturated rings. The van der Waals surface area contributed by atoms with Gasteiger partial charge in [0.25, 0.3) is 0 Å². The van der Waals surface area contributed by atoms with Crippen LogP contribution in [0, 0.1) is 0 Å². The van der Waals surface area contributed by atoms with Crippen molar-refractivity contribution in [3.8, 4) is 0 Å². The molecule has 0 amide bonds. The van der Waals surface area contributed by atoms with Crippen molar-refractivity contribution in [3.05, 3.63) is 10.4 Å². The fourth-order valence-corrected chi connectivity index (χ4v) is 0.0894. The van der Waals surface area contributed by atoms with Crippen molar-refractivity contribution in [3.63, 3.8) is 0 Å². The molecule has 0 bridgehead atoms. The molecular weight excluding hydrogens is 98.0 g/mol. The van der Waals surface area contributed by atoms with Gasteiger partial charge in [-0.05, 0) is 5.53 Å². The van der Waals surface area contributed by atoms with E-state index < -0.39 is 12.5 Å². The van der Waals surface area contributed by atoms with E-state index in [0.29, 0.717) is 0 Å². The summed E-state index contributed by atoms with van der Waals surface area (Å²) >= 11 is 0. The third kappa shape index (κ3) is 4.78. The first-order chi connectivity index (χ1) is 3.27. The predicted molar refractivity (Wildman–Crippen MR) is 19.7 cm³/mol. The lowest BCUT2D eigenvalue weighted by atomic mass is 10.7. The van der Waals surface area contributed by atoms with Gasteiger partial charge in [0.1, 0.15) is 6.54 Å². The van der Waals surface area contributed by atoms with Gasteiger partial charge >= 0.3 is 5.97 Å². The lowest BCUT2D eigenvalue weighted by Crippen LogP contribution is -1.94. The summed E-state index contributed by atoms with van der Waals surface area (Å²) in [4.78, 5) is 11.6. The van der Waals surface area contributed by atoms with Gasteiger partial charge in [-0.25, -0.2) is 9.90 Å². The number of hydrogen-bond acceptors (Lipinski definition) is 2. The molecule has 0 spiro atoms. The van der Waals surface area contributed by atoms with Crippen LogP contribution in [0.4, 0.5) is 0 Å². The number of azide groups is 1. The Hall–Kier alpha value is -1.22. The molecule has 0 atom stereocenters. The first-order valence-corrected chi connectivity index (χ1v) is 1.48. The highest BCUT2D eigenvalue weighted by Gasteiger charge is 1.91. The second-order valence-corrected chi connectivity index (χ2v) is 0.761. The Labute approximate surface area is 39.2 Å². The number of nitrogens with zero attached hydrogens (tertiary/aromatic N) is 3. The first-order valence-electron chi connectivity index (χ1n) is 1.48. The third-order valence-corrected chi connectivity index (χ3v) is 0.263. The molecule has 5 nitrogen and oxygen atoms in total. The van der Waals surface area contributed by atoms with Gasteiger partial charge in [-0.15, -0.1) is 0 Å². The van der Waals surface area contributed by atoms with Gasteiger partial charge in [0.05, 0.1) is 0 Å². The molecule has 1 radical (unpaired) electrons. The highest BCUT2D eigenvalue weighted by atomic mass is 16.4. The van der Waals surface area contributed by atoms with E-state index >= 15 is 0 Å². The van der Waals surface area contributed by atoms with Crippen LogP contribution in [-0.2, 0) is 9.90 Å². The maximum Gasteiger partial charge on any atom is 0.361 e. The van der Waals surface area contributed by atoms with Crippen molar-refractivity contribution in [1.82, 2.24) is 0 Å². The molecular formula is C2H2N3O2. The van der Waals surface area contributed by atoms with Crippen LogP contribution in [0.25, 0.3) is 10.4 Å². The molecule has 0 aromatic carbocycles. The van der Waals surface area contributed by atoms with Gasteiger partial charge in [0.2, 0.25) is 0 Å². The molecule has 0 N–H and O–H groups in total. The van der Waals surface area contributed by atoms with E-state index in [4.69, 9.17) is 5.53 Å². The van der Waals surface area contributed by atoms with Crippen LogP contribution in [0.5, 0.6) is 0 Å². The number of hydrogen-bond donors (Lipinski definition) is 0. The normalized spacial score (nSPS) is 6.86. The molecule has 0 aliphatic heterocycles. The van der Waals surface area contributed by atoms with Crippen LogP contribution in [0.1, 0.15) is 0 Å². The largest absolute Gasteiger partial charge is 0.361 e. The highest BCUT2D eigenvalue weighted by molar-refractivity contribution is 5.68. The number of carbonyl (C=O) groups is 1. The van der Waals surface area contributed by atoms with Crippen LogP contribution in [0.2, 0.25) is 0 Å². The summed E-state index contributed by atoms with van der Waals surface area (Å²) in [6.45, 7) is -0.587. The Morgan fingerprint density at radius 3 is 2.57 bits per heavy atom. The van der Waals surface area contributed by atoms with E-state index in [0.717, 1.165) is 0 Å². The second kappa shape index (κ2) is 2.99. The smallest absolute Gasteiger partial charge is 0.247 e. The summed E-state index contributed by atoms with van der Waals surface area (Å²) in [6, 6.07) is 0. The summed E-state index contributed by atoms with van der Waals surface area (Å²) in [5, 5.41) is 12.1. The van der Waals surface area contributed by atoms with Crippen LogP contribution >= 0.6 is 0 Å². The summed E-state index contributed by atoms with van der Waals surface area (Å²) in [7, 11) is 0. The van der Waals surface area contributed by atoms with Crippen LogP contribution in [-0.4, -0.2) is 12.5 Å². The molecule has 37 valence electrons. The van der Waals surface area contributed by atoms with Gasteiger partial charge in [0.15, 0.2) is 0 Å². The molecule has 7 heavy (non-hydrogen) atoms. The van der Waals surface area contributed by atoms with Crippen molar-refractivity contribution in [2.24, 2.45) is 5.11 Å². The zero-order valence-corrected chi connectivity index (χ0v) is 3.37. The van der Waals surface area contributed by atoms with Crippen molar-refractivity contribution >= 4 is 5.97 Å². The molecule has 0 aromatic rings. The lowest BCUT2D eigenvalue weighted by Gasteiger charge is -1.68. The molecule has 0 aliphatic carbocycles. The number of carbonyl (C=O) groups excluding carboxylic acids is 1. The Bertz CT molecular complexity index is 114. The summed E-state index contributed by atoms with van der Waals surface area (Å²) in [6.07, 6.45) is 0. The molecule has 0 rings (SSSR count). The quantitative estimate of drug-likeness (QED) is 0.278.